The fraction of sp³-hybridized carbons (Fsp3) is 0.350. The van der Waals surface area contributed by atoms with Crippen molar-refractivity contribution in [1.82, 2.24) is 14.8 Å². The molecule has 0 aliphatic heterocycles. The zero-order chi connectivity index (χ0) is 19.9. The van der Waals surface area contributed by atoms with Crippen molar-refractivity contribution in [1.29, 1.82) is 0 Å². The molecule has 0 radical (unpaired) electrons. The van der Waals surface area contributed by atoms with Crippen LogP contribution in [-0.4, -0.2) is 35.6 Å². The fourth-order valence-electron chi connectivity index (χ4n) is 2.48. The number of nitrogens with one attached hydrogen (secondary N) is 1. The molecule has 0 aliphatic carbocycles. The van der Waals surface area contributed by atoms with Crippen molar-refractivity contribution in [2.75, 3.05) is 20.1 Å². The van der Waals surface area contributed by atoms with Crippen molar-refractivity contribution in [2.45, 2.75) is 19.6 Å². The lowest BCUT2D eigenvalue weighted by Crippen LogP contribution is -2.38. The van der Waals surface area contributed by atoms with E-state index in [0.29, 0.717) is 24.6 Å². The van der Waals surface area contributed by atoms with Crippen LogP contribution in [0.3, 0.4) is 0 Å². The molecule has 1 N–H and O–H groups in total. The molecule has 2 aromatic rings. The molecule has 0 unspecified atom stereocenters. The van der Waals surface area contributed by atoms with Crippen LogP contribution >= 0.6 is 0 Å². The Hall–Kier alpha value is -2.88. The second-order valence-corrected chi connectivity index (χ2v) is 6.02. The predicted molar refractivity (Wildman–Crippen MR) is 101 cm³/mol. The van der Waals surface area contributed by atoms with Crippen LogP contribution in [0.5, 0.6) is 0 Å². The maximum Gasteiger partial charge on any atom is 0.416 e. The number of benzene rings is 1. The van der Waals surface area contributed by atoms with Gasteiger partial charge in [-0.05, 0) is 37.3 Å². The molecule has 0 atom stereocenters. The van der Waals surface area contributed by atoms with E-state index < -0.39 is 11.7 Å². The summed E-state index contributed by atoms with van der Waals surface area (Å²) in [5.41, 5.74) is 0.758. The van der Waals surface area contributed by atoms with Gasteiger partial charge in [-0.2, -0.15) is 13.2 Å². The van der Waals surface area contributed by atoms with E-state index in [4.69, 9.17) is 0 Å². The topological polar surface area (TPSA) is 32.6 Å². The van der Waals surface area contributed by atoms with Crippen molar-refractivity contribution < 1.29 is 13.2 Å². The highest BCUT2D eigenvalue weighted by Crippen LogP contribution is 2.29. The zero-order valence-corrected chi connectivity index (χ0v) is 15.6. The molecular weight excluding hydrogens is 353 g/mol. The smallest absolute Gasteiger partial charge is 0.356 e. The summed E-state index contributed by atoms with van der Waals surface area (Å²) in [5.74, 6) is 6.25. The number of hydrogen-bond donors (Lipinski definition) is 1. The van der Waals surface area contributed by atoms with E-state index in [9.17, 15) is 13.2 Å². The number of aromatic nitrogens is 1. The SMILES string of the molecule is CCNC(=NCC#Cc1cccc(C(F)(F)F)c1)N(C)Cc1cccn1C. The van der Waals surface area contributed by atoms with Gasteiger partial charge >= 0.3 is 6.18 Å². The van der Waals surface area contributed by atoms with Crippen LogP contribution in [0.25, 0.3) is 0 Å². The molecule has 0 bridgehead atoms. The van der Waals surface area contributed by atoms with Crippen molar-refractivity contribution in [3.05, 3.63) is 59.4 Å². The maximum atomic E-state index is 12.7. The average Bonchev–Trinajstić information content (AvgIpc) is 3.02. The van der Waals surface area contributed by atoms with Crippen LogP contribution in [0, 0.1) is 11.8 Å². The van der Waals surface area contributed by atoms with Gasteiger partial charge in [0.1, 0.15) is 6.54 Å². The molecule has 1 aromatic carbocycles. The molecular formula is C20H23F3N4. The number of nitrogens with zero attached hydrogens (tertiary/aromatic N) is 3. The number of aliphatic imine (C=N–C) groups is 1. The summed E-state index contributed by atoms with van der Waals surface area (Å²) >= 11 is 0. The van der Waals surface area contributed by atoms with E-state index in [-0.39, 0.29) is 6.54 Å². The fourth-order valence-corrected chi connectivity index (χ4v) is 2.48. The number of rotatable bonds is 4. The van der Waals surface area contributed by atoms with Crippen molar-refractivity contribution >= 4 is 5.96 Å². The summed E-state index contributed by atoms with van der Waals surface area (Å²) in [6, 6.07) is 9.00. The van der Waals surface area contributed by atoms with Crippen LogP contribution in [0.2, 0.25) is 0 Å². The predicted octanol–water partition coefficient (Wildman–Crippen LogP) is 3.49. The van der Waals surface area contributed by atoms with Gasteiger partial charge in [0.25, 0.3) is 0 Å². The molecule has 4 nitrogen and oxygen atoms in total. The standard InChI is InChI=1S/C20H23F3N4/c1-4-24-19(27(3)15-18-11-7-13-26(18)2)25-12-6-9-16-8-5-10-17(14-16)20(21,22)23/h5,7-8,10-11,13-14H,4,12,15H2,1-3H3,(H,24,25). The minimum Gasteiger partial charge on any atom is -0.356 e. The third-order valence-electron chi connectivity index (χ3n) is 3.88. The molecule has 0 amide bonds. The summed E-state index contributed by atoms with van der Waals surface area (Å²) in [4.78, 5) is 6.41. The number of halogens is 3. The summed E-state index contributed by atoms with van der Waals surface area (Å²) in [5, 5.41) is 3.19. The van der Waals surface area contributed by atoms with E-state index >= 15 is 0 Å². The molecule has 0 aliphatic rings. The van der Waals surface area contributed by atoms with Gasteiger partial charge in [0, 0.05) is 38.1 Å². The first kappa shape index (κ1) is 20.4. The maximum absolute atomic E-state index is 12.7. The lowest BCUT2D eigenvalue weighted by molar-refractivity contribution is -0.137. The Morgan fingerprint density at radius 1 is 1.26 bits per heavy atom. The van der Waals surface area contributed by atoms with Crippen LogP contribution in [-0.2, 0) is 19.8 Å². The first-order valence-electron chi connectivity index (χ1n) is 8.57. The van der Waals surface area contributed by atoms with E-state index in [0.717, 1.165) is 17.8 Å². The Balaban J connectivity index is 2.05. The van der Waals surface area contributed by atoms with Gasteiger partial charge in [0.2, 0.25) is 0 Å². The molecule has 0 saturated heterocycles. The monoisotopic (exact) mass is 376 g/mol. The molecule has 0 spiro atoms. The zero-order valence-electron chi connectivity index (χ0n) is 15.6. The Labute approximate surface area is 157 Å². The number of aryl methyl sites for hydroxylation is 1. The van der Waals surface area contributed by atoms with Crippen LogP contribution in [0.15, 0.2) is 47.6 Å². The van der Waals surface area contributed by atoms with Crippen molar-refractivity contribution in [2.24, 2.45) is 12.0 Å². The Morgan fingerprint density at radius 3 is 2.67 bits per heavy atom. The molecule has 27 heavy (non-hydrogen) atoms. The molecule has 7 heteroatoms. The molecule has 1 heterocycles. The molecule has 1 aromatic heterocycles. The van der Waals surface area contributed by atoms with Crippen LogP contribution in [0.1, 0.15) is 23.7 Å². The van der Waals surface area contributed by atoms with E-state index in [1.165, 1.54) is 6.07 Å². The lowest BCUT2D eigenvalue weighted by Gasteiger charge is -2.22. The van der Waals surface area contributed by atoms with E-state index in [1.807, 2.05) is 48.8 Å². The summed E-state index contributed by atoms with van der Waals surface area (Å²) in [6.07, 6.45) is -2.39. The second-order valence-electron chi connectivity index (χ2n) is 6.02. The Kier molecular flexibility index (Phi) is 6.94. The second kappa shape index (κ2) is 9.17. The van der Waals surface area contributed by atoms with Gasteiger partial charge in [-0.15, -0.1) is 0 Å². The Bertz CT molecular complexity index is 841. The highest BCUT2D eigenvalue weighted by molar-refractivity contribution is 5.79. The van der Waals surface area contributed by atoms with Crippen LogP contribution < -0.4 is 5.32 Å². The molecule has 2 rings (SSSR count). The van der Waals surface area contributed by atoms with Gasteiger partial charge in [-0.25, -0.2) is 4.99 Å². The normalized spacial score (nSPS) is 11.7. The van der Waals surface area contributed by atoms with Gasteiger partial charge in [-0.3, -0.25) is 0 Å². The molecule has 0 fully saturated rings. The van der Waals surface area contributed by atoms with Gasteiger partial charge in [-0.1, -0.05) is 17.9 Å². The summed E-state index contributed by atoms with van der Waals surface area (Å²) in [6.45, 7) is 3.55. The third kappa shape index (κ3) is 6.10. The van der Waals surface area contributed by atoms with Gasteiger partial charge in [0.05, 0.1) is 12.1 Å². The Morgan fingerprint density at radius 2 is 2.04 bits per heavy atom. The first-order valence-corrected chi connectivity index (χ1v) is 8.57. The minimum atomic E-state index is -4.37. The minimum absolute atomic E-state index is 0.191. The lowest BCUT2D eigenvalue weighted by atomic mass is 10.1. The van der Waals surface area contributed by atoms with Gasteiger partial charge in [0.15, 0.2) is 5.96 Å². The average molecular weight is 376 g/mol. The summed E-state index contributed by atoms with van der Waals surface area (Å²) < 4.78 is 40.2. The van der Waals surface area contributed by atoms with Crippen molar-refractivity contribution in [3.8, 4) is 11.8 Å². The number of hydrogen-bond acceptors (Lipinski definition) is 1. The van der Waals surface area contributed by atoms with E-state index in [2.05, 4.69) is 22.2 Å². The van der Waals surface area contributed by atoms with Crippen molar-refractivity contribution in [3.63, 3.8) is 0 Å². The molecule has 144 valence electrons. The first-order chi connectivity index (χ1) is 12.8. The van der Waals surface area contributed by atoms with E-state index in [1.54, 1.807) is 6.07 Å². The largest absolute Gasteiger partial charge is 0.416 e. The summed E-state index contributed by atoms with van der Waals surface area (Å²) in [7, 11) is 3.91. The number of alkyl halides is 3. The van der Waals surface area contributed by atoms with Crippen LogP contribution in [0.4, 0.5) is 13.2 Å². The highest BCUT2D eigenvalue weighted by atomic mass is 19.4. The third-order valence-corrected chi connectivity index (χ3v) is 3.88. The molecule has 0 saturated carbocycles. The van der Waals surface area contributed by atoms with Gasteiger partial charge < -0.3 is 14.8 Å². The quantitative estimate of drug-likeness (QED) is 0.503. The highest BCUT2D eigenvalue weighted by Gasteiger charge is 2.30. The number of guanidine groups is 1.